The average Bonchev–Trinajstić information content (AvgIpc) is 3.07. The van der Waals surface area contributed by atoms with Gasteiger partial charge in [0.1, 0.15) is 0 Å². The predicted octanol–water partition coefficient (Wildman–Crippen LogP) is 1.68. The Bertz CT molecular complexity index is 461. The second-order valence-corrected chi connectivity index (χ2v) is 4.50. The van der Waals surface area contributed by atoms with Gasteiger partial charge in [-0.3, -0.25) is 9.59 Å². The summed E-state index contributed by atoms with van der Waals surface area (Å²) < 4.78 is 0. The van der Waals surface area contributed by atoms with E-state index in [1.807, 2.05) is 18.2 Å². The molecule has 17 heavy (non-hydrogen) atoms. The topological polar surface area (TPSA) is 66.4 Å². The van der Waals surface area contributed by atoms with Gasteiger partial charge in [0.25, 0.3) is 0 Å². The number of carbonyl (C=O) groups is 2. The van der Waals surface area contributed by atoms with Gasteiger partial charge in [0.15, 0.2) is 0 Å². The first kappa shape index (κ1) is 11.9. The number of rotatable bonds is 4. The third kappa shape index (κ3) is 2.77. The minimum absolute atomic E-state index is 0.211. The van der Waals surface area contributed by atoms with Gasteiger partial charge in [-0.2, -0.15) is 0 Å². The molecule has 0 aromatic heterocycles. The maximum Gasteiger partial charge on any atom is 0.307 e. The minimum atomic E-state index is -0.900. The van der Waals surface area contributed by atoms with Crippen molar-refractivity contribution in [1.29, 1.82) is 0 Å². The van der Waals surface area contributed by atoms with Crippen molar-refractivity contribution in [3.8, 4) is 0 Å². The van der Waals surface area contributed by atoms with Crippen molar-refractivity contribution in [3.63, 3.8) is 0 Å². The highest BCUT2D eigenvalue weighted by molar-refractivity contribution is 6.31. The van der Waals surface area contributed by atoms with Crippen LogP contribution in [0.3, 0.4) is 0 Å². The Morgan fingerprint density at radius 2 is 2.06 bits per heavy atom. The first-order valence-electron chi connectivity index (χ1n) is 5.33. The van der Waals surface area contributed by atoms with Crippen molar-refractivity contribution in [2.75, 3.05) is 0 Å². The zero-order valence-electron chi connectivity index (χ0n) is 9.02. The normalized spacial score (nSPS) is 21.9. The highest BCUT2D eigenvalue weighted by Crippen LogP contribution is 2.38. The number of nitrogens with one attached hydrogen (secondary N) is 1. The molecule has 0 aliphatic heterocycles. The number of carbonyl (C=O) groups excluding carboxylic acids is 1. The molecule has 2 rings (SSSR count). The molecule has 5 heteroatoms. The molecular formula is C12H12ClNO3. The molecule has 1 aromatic carbocycles. The molecule has 4 nitrogen and oxygen atoms in total. The second-order valence-electron chi connectivity index (χ2n) is 4.10. The number of benzene rings is 1. The van der Waals surface area contributed by atoms with Crippen LogP contribution in [-0.2, 0) is 16.1 Å². The van der Waals surface area contributed by atoms with Crippen molar-refractivity contribution in [2.45, 2.75) is 13.0 Å². The molecule has 1 aliphatic carbocycles. The van der Waals surface area contributed by atoms with Crippen LogP contribution in [0.2, 0.25) is 5.02 Å². The molecule has 1 fully saturated rings. The Kier molecular flexibility index (Phi) is 3.33. The Balaban J connectivity index is 1.86. The van der Waals surface area contributed by atoms with Crippen molar-refractivity contribution in [3.05, 3.63) is 34.9 Å². The van der Waals surface area contributed by atoms with E-state index < -0.39 is 11.9 Å². The Hall–Kier alpha value is -1.55. The average molecular weight is 254 g/mol. The lowest BCUT2D eigenvalue weighted by Gasteiger charge is -2.06. The maximum absolute atomic E-state index is 11.6. The molecule has 0 spiro atoms. The van der Waals surface area contributed by atoms with E-state index in [0.29, 0.717) is 18.0 Å². The summed E-state index contributed by atoms with van der Waals surface area (Å²) in [6.45, 7) is 0.335. The van der Waals surface area contributed by atoms with E-state index in [1.54, 1.807) is 6.07 Å². The summed E-state index contributed by atoms with van der Waals surface area (Å²) in [5, 5.41) is 12.0. The molecule has 90 valence electrons. The fraction of sp³-hybridized carbons (Fsp3) is 0.333. The Labute approximate surface area is 104 Å². The fourth-order valence-electron chi connectivity index (χ4n) is 1.71. The Morgan fingerprint density at radius 1 is 1.35 bits per heavy atom. The molecule has 0 heterocycles. The largest absolute Gasteiger partial charge is 0.481 e. The number of hydrogen-bond acceptors (Lipinski definition) is 2. The molecule has 1 aromatic rings. The van der Waals surface area contributed by atoms with Crippen molar-refractivity contribution in [2.24, 2.45) is 11.8 Å². The van der Waals surface area contributed by atoms with Gasteiger partial charge in [0.05, 0.1) is 11.8 Å². The molecule has 2 N–H and O–H groups in total. The van der Waals surface area contributed by atoms with E-state index in [-0.39, 0.29) is 11.8 Å². The molecule has 0 saturated heterocycles. The maximum atomic E-state index is 11.6. The highest BCUT2D eigenvalue weighted by atomic mass is 35.5. The first-order valence-corrected chi connectivity index (χ1v) is 5.71. The smallest absolute Gasteiger partial charge is 0.307 e. The summed E-state index contributed by atoms with van der Waals surface area (Å²) in [5.74, 6) is -2.00. The predicted molar refractivity (Wildman–Crippen MR) is 62.5 cm³/mol. The number of carboxylic acid groups (broad SMARTS) is 1. The molecule has 1 saturated carbocycles. The monoisotopic (exact) mass is 253 g/mol. The summed E-state index contributed by atoms with van der Waals surface area (Å²) in [7, 11) is 0. The minimum Gasteiger partial charge on any atom is -0.481 e. The van der Waals surface area contributed by atoms with Gasteiger partial charge < -0.3 is 10.4 Å². The Morgan fingerprint density at radius 3 is 2.65 bits per heavy atom. The summed E-state index contributed by atoms with van der Waals surface area (Å²) in [6, 6.07) is 7.23. The van der Waals surface area contributed by atoms with Gasteiger partial charge in [0, 0.05) is 11.6 Å². The summed E-state index contributed by atoms with van der Waals surface area (Å²) in [4.78, 5) is 22.2. The van der Waals surface area contributed by atoms with Gasteiger partial charge in [-0.1, -0.05) is 29.8 Å². The highest BCUT2D eigenvalue weighted by Gasteiger charge is 2.48. The van der Waals surface area contributed by atoms with Crippen LogP contribution in [0.4, 0.5) is 0 Å². The molecule has 2 unspecified atom stereocenters. The van der Waals surface area contributed by atoms with Gasteiger partial charge in [-0.05, 0) is 18.1 Å². The standard InChI is InChI=1S/C12H12ClNO3/c13-10-4-2-1-3-7(10)6-14-11(15)8-5-9(8)12(16)17/h1-4,8-9H,5-6H2,(H,14,15)(H,16,17). The van der Waals surface area contributed by atoms with Crippen molar-refractivity contribution >= 4 is 23.5 Å². The lowest BCUT2D eigenvalue weighted by atomic mass is 10.2. The quantitative estimate of drug-likeness (QED) is 0.858. The molecule has 2 atom stereocenters. The number of carboxylic acids is 1. The van der Waals surface area contributed by atoms with E-state index in [9.17, 15) is 9.59 Å². The van der Waals surface area contributed by atoms with E-state index >= 15 is 0 Å². The van der Waals surface area contributed by atoms with E-state index in [0.717, 1.165) is 5.56 Å². The molecule has 0 bridgehead atoms. The van der Waals surface area contributed by atoms with Crippen molar-refractivity contribution < 1.29 is 14.7 Å². The van der Waals surface area contributed by atoms with E-state index in [1.165, 1.54) is 0 Å². The fourth-order valence-corrected chi connectivity index (χ4v) is 1.92. The van der Waals surface area contributed by atoms with Crippen LogP contribution < -0.4 is 5.32 Å². The SMILES string of the molecule is O=C(O)C1CC1C(=O)NCc1ccccc1Cl. The van der Waals surface area contributed by atoms with Crippen LogP contribution in [0.15, 0.2) is 24.3 Å². The van der Waals surface area contributed by atoms with Crippen LogP contribution >= 0.6 is 11.6 Å². The molecule has 0 radical (unpaired) electrons. The van der Waals surface area contributed by atoms with E-state index in [4.69, 9.17) is 16.7 Å². The van der Waals surface area contributed by atoms with Crippen LogP contribution in [0.5, 0.6) is 0 Å². The number of hydrogen-bond donors (Lipinski definition) is 2. The number of halogens is 1. The second kappa shape index (κ2) is 4.75. The van der Waals surface area contributed by atoms with Crippen LogP contribution in [0.1, 0.15) is 12.0 Å². The number of aliphatic carboxylic acids is 1. The van der Waals surface area contributed by atoms with Crippen LogP contribution in [-0.4, -0.2) is 17.0 Å². The van der Waals surface area contributed by atoms with Gasteiger partial charge in [-0.15, -0.1) is 0 Å². The number of amides is 1. The van der Waals surface area contributed by atoms with Gasteiger partial charge >= 0.3 is 5.97 Å². The van der Waals surface area contributed by atoms with E-state index in [2.05, 4.69) is 5.32 Å². The third-order valence-corrected chi connectivity index (χ3v) is 3.22. The zero-order chi connectivity index (χ0) is 12.4. The summed E-state index contributed by atoms with van der Waals surface area (Å²) in [5.41, 5.74) is 0.829. The lowest BCUT2D eigenvalue weighted by Crippen LogP contribution is -2.26. The third-order valence-electron chi connectivity index (χ3n) is 2.86. The first-order chi connectivity index (χ1) is 8.09. The summed E-state index contributed by atoms with van der Waals surface area (Å²) >= 11 is 5.94. The van der Waals surface area contributed by atoms with Crippen molar-refractivity contribution in [1.82, 2.24) is 5.32 Å². The lowest BCUT2D eigenvalue weighted by molar-refractivity contribution is -0.140. The van der Waals surface area contributed by atoms with Crippen LogP contribution in [0.25, 0.3) is 0 Å². The van der Waals surface area contributed by atoms with Gasteiger partial charge in [0.2, 0.25) is 5.91 Å². The molecule has 1 amide bonds. The summed E-state index contributed by atoms with van der Waals surface area (Å²) in [6.07, 6.45) is 0.434. The molecule has 1 aliphatic rings. The van der Waals surface area contributed by atoms with Crippen LogP contribution in [0, 0.1) is 11.8 Å². The molecular weight excluding hydrogens is 242 g/mol. The zero-order valence-corrected chi connectivity index (χ0v) is 9.78. The van der Waals surface area contributed by atoms with Gasteiger partial charge in [-0.25, -0.2) is 0 Å².